The molecule has 0 spiro atoms. The highest BCUT2D eigenvalue weighted by atomic mass is 16.6. The molecule has 8 nitrogen and oxygen atoms in total. The summed E-state index contributed by atoms with van der Waals surface area (Å²) in [6, 6.07) is 3.52. The monoisotopic (exact) mass is 289 g/mol. The van der Waals surface area contributed by atoms with E-state index in [0.717, 1.165) is 5.56 Å². The first-order valence-electron chi connectivity index (χ1n) is 6.29. The number of aryl methyl sites for hydroxylation is 2. The van der Waals surface area contributed by atoms with Crippen LogP contribution in [0.25, 0.3) is 0 Å². The highest BCUT2D eigenvalue weighted by Crippen LogP contribution is 2.21. The van der Waals surface area contributed by atoms with Crippen LogP contribution in [0.3, 0.4) is 0 Å². The lowest BCUT2D eigenvalue weighted by molar-refractivity contribution is -0.386. The van der Waals surface area contributed by atoms with Crippen molar-refractivity contribution in [1.82, 2.24) is 14.8 Å². The van der Waals surface area contributed by atoms with E-state index in [0.29, 0.717) is 17.2 Å². The molecule has 0 aromatic carbocycles. The minimum Gasteiger partial charge on any atom is -0.309 e. The van der Waals surface area contributed by atoms with Crippen LogP contribution in [0.15, 0.2) is 18.3 Å². The molecule has 1 N–H and O–H groups in total. The lowest BCUT2D eigenvalue weighted by Gasteiger charge is -2.05. The van der Waals surface area contributed by atoms with Crippen molar-refractivity contribution in [3.05, 3.63) is 45.4 Å². The molecule has 21 heavy (non-hydrogen) atoms. The van der Waals surface area contributed by atoms with E-state index in [-0.39, 0.29) is 18.1 Å². The minimum atomic E-state index is -0.492. The van der Waals surface area contributed by atoms with Crippen molar-refractivity contribution in [2.24, 2.45) is 0 Å². The van der Waals surface area contributed by atoms with Crippen LogP contribution in [0.2, 0.25) is 0 Å². The molecular formula is C13H15N5O3. The number of rotatable bonds is 4. The van der Waals surface area contributed by atoms with Crippen LogP contribution in [0, 0.1) is 30.9 Å². The molecule has 110 valence electrons. The van der Waals surface area contributed by atoms with Gasteiger partial charge in [-0.1, -0.05) is 6.07 Å². The standard InChI is InChI=1S/C13H15N5O3/c1-8-4-5-11(14-6-8)15-12(19)7-17-10(3)13(18(20)21)9(2)16-17/h4-6H,7H2,1-3H3,(H,14,15,19). The Kier molecular flexibility index (Phi) is 3.97. The summed E-state index contributed by atoms with van der Waals surface area (Å²) in [4.78, 5) is 26.4. The Balaban J connectivity index is 2.11. The summed E-state index contributed by atoms with van der Waals surface area (Å²) >= 11 is 0. The normalized spacial score (nSPS) is 10.4. The molecule has 0 saturated heterocycles. The van der Waals surface area contributed by atoms with Crippen LogP contribution in [0.4, 0.5) is 11.5 Å². The number of carbonyl (C=O) groups is 1. The van der Waals surface area contributed by atoms with Gasteiger partial charge in [-0.15, -0.1) is 0 Å². The summed E-state index contributed by atoms with van der Waals surface area (Å²) in [6.45, 7) is 4.90. The molecule has 2 rings (SSSR count). The summed E-state index contributed by atoms with van der Waals surface area (Å²) in [6.07, 6.45) is 1.64. The van der Waals surface area contributed by atoms with Gasteiger partial charge in [-0.2, -0.15) is 5.10 Å². The maximum atomic E-state index is 11.9. The molecule has 0 atom stereocenters. The van der Waals surface area contributed by atoms with Gasteiger partial charge in [-0.3, -0.25) is 19.6 Å². The van der Waals surface area contributed by atoms with E-state index in [9.17, 15) is 14.9 Å². The van der Waals surface area contributed by atoms with Crippen LogP contribution >= 0.6 is 0 Å². The predicted molar refractivity (Wildman–Crippen MR) is 76.0 cm³/mol. The summed E-state index contributed by atoms with van der Waals surface area (Å²) in [5.74, 6) is 0.0912. The van der Waals surface area contributed by atoms with Crippen LogP contribution in [-0.4, -0.2) is 25.6 Å². The Labute approximate surface area is 121 Å². The fourth-order valence-electron chi connectivity index (χ4n) is 1.97. The Morgan fingerprint density at radius 1 is 1.38 bits per heavy atom. The van der Waals surface area contributed by atoms with Gasteiger partial charge in [0, 0.05) is 6.20 Å². The number of hydrogen-bond donors (Lipinski definition) is 1. The number of hydrogen-bond acceptors (Lipinski definition) is 5. The third-order valence-electron chi connectivity index (χ3n) is 3.00. The first-order chi connectivity index (χ1) is 9.88. The fourth-order valence-corrected chi connectivity index (χ4v) is 1.97. The quantitative estimate of drug-likeness (QED) is 0.682. The number of nitrogens with zero attached hydrogens (tertiary/aromatic N) is 4. The lowest BCUT2D eigenvalue weighted by atomic mass is 10.3. The number of anilines is 1. The van der Waals surface area contributed by atoms with Crippen molar-refractivity contribution in [2.75, 3.05) is 5.32 Å². The van der Waals surface area contributed by atoms with E-state index in [4.69, 9.17) is 0 Å². The van der Waals surface area contributed by atoms with Crippen LogP contribution < -0.4 is 5.32 Å². The van der Waals surface area contributed by atoms with Gasteiger partial charge in [0.25, 0.3) is 0 Å². The van der Waals surface area contributed by atoms with Gasteiger partial charge >= 0.3 is 5.69 Å². The van der Waals surface area contributed by atoms with Crippen molar-refractivity contribution < 1.29 is 9.72 Å². The van der Waals surface area contributed by atoms with E-state index in [2.05, 4.69) is 15.4 Å². The second kappa shape index (κ2) is 5.70. The number of nitrogens with one attached hydrogen (secondary N) is 1. The number of aromatic nitrogens is 3. The van der Waals surface area contributed by atoms with Crippen molar-refractivity contribution >= 4 is 17.4 Å². The van der Waals surface area contributed by atoms with Gasteiger partial charge < -0.3 is 5.32 Å². The zero-order valence-corrected chi connectivity index (χ0v) is 12.0. The number of carbonyl (C=O) groups excluding carboxylic acids is 1. The van der Waals surface area contributed by atoms with Crippen molar-refractivity contribution in [3.63, 3.8) is 0 Å². The van der Waals surface area contributed by atoms with Gasteiger partial charge in [0.1, 0.15) is 23.8 Å². The molecule has 0 radical (unpaired) electrons. The summed E-state index contributed by atoms with van der Waals surface area (Å²) in [7, 11) is 0. The van der Waals surface area contributed by atoms with Crippen LogP contribution in [0.1, 0.15) is 17.0 Å². The Hall–Kier alpha value is -2.77. The highest BCUT2D eigenvalue weighted by molar-refractivity contribution is 5.89. The van der Waals surface area contributed by atoms with E-state index in [1.54, 1.807) is 26.1 Å². The first-order valence-corrected chi connectivity index (χ1v) is 6.29. The second-order valence-corrected chi connectivity index (χ2v) is 4.70. The van der Waals surface area contributed by atoms with Gasteiger partial charge in [-0.25, -0.2) is 4.98 Å². The van der Waals surface area contributed by atoms with E-state index in [1.165, 1.54) is 4.68 Å². The van der Waals surface area contributed by atoms with Crippen molar-refractivity contribution in [2.45, 2.75) is 27.3 Å². The lowest BCUT2D eigenvalue weighted by Crippen LogP contribution is -2.20. The van der Waals surface area contributed by atoms with E-state index >= 15 is 0 Å². The molecule has 0 unspecified atom stereocenters. The largest absolute Gasteiger partial charge is 0.312 e. The summed E-state index contributed by atoms with van der Waals surface area (Å²) in [5, 5.41) is 17.5. The second-order valence-electron chi connectivity index (χ2n) is 4.70. The zero-order valence-electron chi connectivity index (χ0n) is 12.0. The van der Waals surface area contributed by atoms with Crippen molar-refractivity contribution in [3.8, 4) is 0 Å². The highest BCUT2D eigenvalue weighted by Gasteiger charge is 2.22. The summed E-state index contributed by atoms with van der Waals surface area (Å²) < 4.78 is 1.32. The fraction of sp³-hybridized carbons (Fsp3) is 0.308. The van der Waals surface area contributed by atoms with Gasteiger partial charge in [0.2, 0.25) is 5.91 Å². The third-order valence-corrected chi connectivity index (χ3v) is 3.00. The molecule has 2 aromatic rings. The third kappa shape index (κ3) is 3.22. The van der Waals surface area contributed by atoms with Gasteiger partial charge in [-0.05, 0) is 32.4 Å². The SMILES string of the molecule is Cc1ccc(NC(=O)Cn2nc(C)c([N+](=O)[O-])c2C)nc1. The summed E-state index contributed by atoms with van der Waals surface area (Å²) in [5.41, 5.74) is 1.57. The van der Waals surface area contributed by atoms with Gasteiger partial charge in [0.05, 0.1) is 4.92 Å². The zero-order chi connectivity index (χ0) is 15.6. The molecule has 2 aromatic heterocycles. The first kappa shape index (κ1) is 14.6. The van der Waals surface area contributed by atoms with Gasteiger partial charge in [0.15, 0.2) is 0 Å². The maximum Gasteiger partial charge on any atom is 0.312 e. The molecule has 0 aliphatic rings. The number of amides is 1. The average Bonchev–Trinajstić information content (AvgIpc) is 2.67. The maximum absolute atomic E-state index is 11.9. The Bertz CT molecular complexity index is 691. The topological polar surface area (TPSA) is 103 Å². The van der Waals surface area contributed by atoms with Crippen LogP contribution in [0.5, 0.6) is 0 Å². The molecule has 0 bridgehead atoms. The molecule has 8 heteroatoms. The molecule has 0 saturated carbocycles. The van der Waals surface area contributed by atoms with Crippen molar-refractivity contribution in [1.29, 1.82) is 0 Å². The van der Waals surface area contributed by atoms with E-state index in [1.807, 2.05) is 13.0 Å². The molecule has 1 amide bonds. The number of nitro groups is 1. The molecule has 0 aliphatic carbocycles. The molecule has 0 aliphatic heterocycles. The smallest absolute Gasteiger partial charge is 0.309 e. The van der Waals surface area contributed by atoms with E-state index < -0.39 is 4.92 Å². The number of pyridine rings is 1. The predicted octanol–water partition coefficient (Wildman–Crippen LogP) is 1.75. The molecule has 2 heterocycles. The molecular weight excluding hydrogens is 274 g/mol. The molecule has 0 fully saturated rings. The van der Waals surface area contributed by atoms with Crippen LogP contribution in [-0.2, 0) is 11.3 Å². The minimum absolute atomic E-state index is 0.0590. The Morgan fingerprint density at radius 2 is 2.10 bits per heavy atom. The Morgan fingerprint density at radius 3 is 2.62 bits per heavy atom. The average molecular weight is 289 g/mol.